The van der Waals surface area contributed by atoms with Crippen LogP contribution in [-0.4, -0.2) is 23.8 Å². The number of nitrogens with one attached hydrogen (secondary N) is 1. The van der Waals surface area contributed by atoms with Crippen LogP contribution >= 0.6 is 0 Å². The lowest BCUT2D eigenvalue weighted by Gasteiger charge is -2.26. The molecule has 1 aromatic rings. The highest BCUT2D eigenvalue weighted by molar-refractivity contribution is 5.68. The minimum absolute atomic E-state index is 0.00160. The van der Waals surface area contributed by atoms with Crippen LogP contribution in [0.4, 0.5) is 4.79 Å². The van der Waals surface area contributed by atoms with Crippen molar-refractivity contribution in [2.24, 2.45) is 17.8 Å². The highest BCUT2D eigenvalue weighted by Crippen LogP contribution is 2.43. The van der Waals surface area contributed by atoms with Gasteiger partial charge in [-0.2, -0.15) is 0 Å². The summed E-state index contributed by atoms with van der Waals surface area (Å²) >= 11 is 0. The fourth-order valence-corrected chi connectivity index (χ4v) is 3.29. The monoisotopic (exact) mass is 273 g/mol. The molecule has 4 heteroatoms. The van der Waals surface area contributed by atoms with Gasteiger partial charge in [0.15, 0.2) is 0 Å². The number of hydrogen-bond acceptors (Lipinski definition) is 3. The van der Waals surface area contributed by atoms with Crippen molar-refractivity contribution in [2.75, 3.05) is 6.61 Å². The van der Waals surface area contributed by atoms with E-state index in [4.69, 9.17) is 4.74 Å². The molecule has 3 rings (SSSR count). The first-order valence-corrected chi connectivity index (χ1v) is 7.04. The summed E-state index contributed by atoms with van der Waals surface area (Å²) in [4.78, 5) is 11.9. The van der Waals surface area contributed by atoms with Gasteiger partial charge in [-0.3, -0.25) is 0 Å². The molecule has 1 aromatic carbocycles. The Balaban J connectivity index is 1.53. The third-order valence-electron chi connectivity index (χ3n) is 4.33. The first kappa shape index (κ1) is 13.2. The van der Waals surface area contributed by atoms with E-state index in [0.717, 1.165) is 12.0 Å². The van der Waals surface area contributed by atoms with E-state index in [1.54, 1.807) is 0 Å². The third kappa shape index (κ3) is 2.56. The molecule has 0 saturated heterocycles. The number of hydrogen-bond donors (Lipinski definition) is 2. The van der Waals surface area contributed by atoms with Gasteiger partial charge in [0.1, 0.15) is 6.61 Å². The lowest BCUT2D eigenvalue weighted by atomic mass is 9.90. The molecule has 4 atom stereocenters. The van der Waals surface area contributed by atoms with Crippen molar-refractivity contribution in [2.45, 2.75) is 19.1 Å². The maximum absolute atomic E-state index is 11.9. The first-order valence-electron chi connectivity index (χ1n) is 7.04. The standard InChI is InChI=1S/C16H19NO3/c18-9-14-12-6-7-13(8-12)15(14)17-16(19)20-10-11-4-2-1-3-5-11/h1-7,12-15,18H,8-10H2,(H,17,19)/t12-,13+,14+,15-/m1/s1. The maximum atomic E-state index is 11.9. The zero-order valence-electron chi connectivity index (χ0n) is 11.2. The molecule has 0 spiro atoms. The highest BCUT2D eigenvalue weighted by Gasteiger charge is 2.44. The summed E-state index contributed by atoms with van der Waals surface area (Å²) in [6.07, 6.45) is 4.91. The van der Waals surface area contributed by atoms with Crippen molar-refractivity contribution in [3.8, 4) is 0 Å². The van der Waals surface area contributed by atoms with Gasteiger partial charge >= 0.3 is 6.09 Å². The third-order valence-corrected chi connectivity index (χ3v) is 4.33. The Kier molecular flexibility index (Phi) is 3.74. The second-order valence-electron chi connectivity index (χ2n) is 5.53. The molecule has 2 aliphatic rings. The fourth-order valence-electron chi connectivity index (χ4n) is 3.29. The molecule has 2 N–H and O–H groups in total. The topological polar surface area (TPSA) is 58.6 Å². The van der Waals surface area contributed by atoms with Crippen LogP contribution in [0.3, 0.4) is 0 Å². The van der Waals surface area contributed by atoms with Crippen molar-refractivity contribution in [3.05, 3.63) is 48.0 Å². The van der Waals surface area contributed by atoms with Crippen molar-refractivity contribution < 1.29 is 14.6 Å². The lowest BCUT2D eigenvalue weighted by Crippen LogP contribution is -2.44. The summed E-state index contributed by atoms with van der Waals surface area (Å²) in [6.45, 7) is 0.377. The summed E-state index contributed by atoms with van der Waals surface area (Å²) in [5, 5.41) is 12.4. The van der Waals surface area contributed by atoms with Gasteiger partial charge in [-0.25, -0.2) is 4.79 Å². The summed E-state index contributed by atoms with van der Waals surface area (Å²) in [5.74, 6) is 0.847. The number of ether oxygens (including phenoxy) is 1. The summed E-state index contributed by atoms with van der Waals surface area (Å²) in [5.41, 5.74) is 0.967. The zero-order chi connectivity index (χ0) is 13.9. The molecule has 20 heavy (non-hydrogen) atoms. The number of alkyl carbamates (subject to hydrolysis) is 1. The summed E-state index contributed by atoms with van der Waals surface area (Å²) in [7, 11) is 0. The lowest BCUT2D eigenvalue weighted by molar-refractivity contribution is 0.122. The van der Waals surface area contributed by atoms with E-state index in [1.165, 1.54) is 0 Å². The molecule has 2 bridgehead atoms. The Morgan fingerprint density at radius 1 is 1.25 bits per heavy atom. The summed E-state index contributed by atoms with van der Waals surface area (Å²) in [6, 6.07) is 9.60. The minimum Gasteiger partial charge on any atom is -0.445 e. The minimum atomic E-state index is -0.404. The Bertz CT molecular complexity index is 500. The van der Waals surface area contributed by atoms with Crippen LogP contribution in [0.15, 0.2) is 42.5 Å². The normalized spacial score (nSPS) is 30.4. The molecule has 0 heterocycles. The molecule has 0 unspecified atom stereocenters. The van der Waals surface area contributed by atoms with Gasteiger partial charge in [0.25, 0.3) is 0 Å². The molecular weight excluding hydrogens is 254 g/mol. The molecule has 4 nitrogen and oxygen atoms in total. The highest BCUT2D eigenvalue weighted by atomic mass is 16.5. The maximum Gasteiger partial charge on any atom is 0.407 e. The Morgan fingerprint density at radius 2 is 2.00 bits per heavy atom. The number of allylic oxidation sites excluding steroid dienone is 1. The predicted molar refractivity (Wildman–Crippen MR) is 74.9 cm³/mol. The van der Waals surface area contributed by atoms with E-state index in [0.29, 0.717) is 11.8 Å². The molecule has 0 aliphatic heterocycles. The molecule has 1 amide bonds. The van der Waals surface area contributed by atoms with Gasteiger partial charge in [-0.05, 0) is 23.8 Å². The van der Waals surface area contributed by atoms with E-state index in [2.05, 4.69) is 17.5 Å². The van der Waals surface area contributed by atoms with Gasteiger partial charge in [0, 0.05) is 18.6 Å². The van der Waals surface area contributed by atoms with Gasteiger partial charge < -0.3 is 15.2 Å². The average molecular weight is 273 g/mol. The second-order valence-corrected chi connectivity index (χ2v) is 5.53. The predicted octanol–water partition coefficient (Wildman–Crippen LogP) is 2.10. The van der Waals surface area contributed by atoms with E-state index >= 15 is 0 Å². The molecular formula is C16H19NO3. The smallest absolute Gasteiger partial charge is 0.407 e. The van der Waals surface area contributed by atoms with Crippen molar-refractivity contribution in [1.82, 2.24) is 5.32 Å². The van der Waals surface area contributed by atoms with E-state index < -0.39 is 6.09 Å². The molecule has 1 saturated carbocycles. The van der Waals surface area contributed by atoms with Gasteiger partial charge in [0.05, 0.1) is 0 Å². The summed E-state index contributed by atoms with van der Waals surface area (Å²) < 4.78 is 5.23. The molecule has 0 radical (unpaired) electrons. The van der Waals surface area contributed by atoms with Crippen LogP contribution in [-0.2, 0) is 11.3 Å². The molecule has 1 fully saturated rings. The number of aliphatic hydroxyl groups excluding tert-OH is 1. The number of rotatable bonds is 4. The Labute approximate surface area is 118 Å². The van der Waals surface area contributed by atoms with Crippen LogP contribution in [0.1, 0.15) is 12.0 Å². The Hall–Kier alpha value is -1.81. The average Bonchev–Trinajstić information content (AvgIpc) is 3.07. The van der Waals surface area contributed by atoms with Crippen LogP contribution in [0, 0.1) is 17.8 Å². The number of amides is 1. The van der Waals surface area contributed by atoms with Crippen LogP contribution in [0.5, 0.6) is 0 Å². The molecule has 2 aliphatic carbocycles. The zero-order valence-corrected chi connectivity index (χ0v) is 11.2. The number of benzene rings is 1. The van der Waals surface area contributed by atoms with Crippen molar-refractivity contribution in [1.29, 1.82) is 0 Å². The molecule has 106 valence electrons. The van der Waals surface area contributed by atoms with Crippen LogP contribution in [0.25, 0.3) is 0 Å². The Morgan fingerprint density at radius 3 is 2.75 bits per heavy atom. The number of aliphatic hydroxyl groups is 1. The quantitative estimate of drug-likeness (QED) is 0.826. The van der Waals surface area contributed by atoms with Crippen molar-refractivity contribution in [3.63, 3.8) is 0 Å². The van der Waals surface area contributed by atoms with E-state index in [-0.39, 0.29) is 25.2 Å². The largest absolute Gasteiger partial charge is 0.445 e. The molecule has 0 aromatic heterocycles. The second kappa shape index (κ2) is 5.67. The van der Waals surface area contributed by atoms with Crippen LogP contribution in [0.2, 0.25) is 0 Å². The first-order chi connectivity index (χ1) is 9.78. The van der Waals surface area contributed by atoms with E-state index in [1.807, 2.05) is 30.3 Å². The van der Waals surface area contributed by atoms with Gasteiger partial charge in [-0.1, -0.05) is 42.5 Å². The number of fused-ring (bicyclic) bond motifs is 2. The van der Waals surface area contributed by atoms with Crippen molar-refractivity contribution >= 4 is 6.09 Å². The fraction of sp³-hybridized carbons (Fsp3) is 0.438. The number of carbonyl (C=O) groups is 1. The van der Waals surface area contributed by atoms with Gasteiger partial charge in [0.2, 0.25) is 0 Å². The van der Waals surface area contributed by atoms with Crippen LogP contribution < -0.4 is 5.32 Å². The van der Waals surface area contributed by atoms with E-state index in [9.17, 15) is 9.90 Å². The van der Waals surface area contributed by atoms with Gasteiger partial charge in [-0.15, -0.1) is 0 Å². The number of carbonyl (C=O) groups excluding carboxylic acids is 1. The SMILES string of the molecule is O=C(N[C@H]1[C@@H](CO)[C@@H]2C=C[C@H]1C2)OCc1ccccc1.